The van der Waals surface area contributed by atoms with E-state index in [2.05, 4.69) is 0 Å². The summed E-state index contributed by atoms with van der Waals surface area (Å²) in [6.07, 6.45) is -4.69. The first-order valence-electron chi connectivity index (χ1n) is 4.37. The summed E-state index contributed by atoms with van der Waals surface area (Å²) >= 11 is 0. The number of halogens is 3. The SMILES string of the molecule is CC(O)(c1cccc(CN)c1)C(F)(F)F. The molecule has 0 saturated heterocycles. The average Bonchev–Trinajstić information content (AvgIpc) is 2.16. The molecule has 1 atom stereocenters. The Hall–Kier alpha value is -1.07. The van der Waals surface area contributed by atoms with Crippen molar-refractivity contribution in [2.75, 3.05) is 0 Å². The van der Waals surface area contributed by atoms with Gasteiger partial charge < -0.3 is 10.8 Å². The van der Waals surface area contributed by atoms with Crippen molar-refractivity contribution in [2.45, 2.75) is 25.2 Å². The van der Waals surface area contributed by atoms with Crippen molar-refractivity contribution in [1.29, 1.82) is 0 Å². The summed E-state index contributed by atoms with van der Waals surface area (Å²) < 4.78 is 37.4. The molecule has 15 heavy (non-hydrogen) atoms. The van der Waals surface area contributed by atoms with Gasteiger partial charge in [-0.05, 0) is 18.1 Å². The van der Waals surface area contributed by atoms with Crippen LogP contribution in [0.5, 0.6) is 0 Å². The Labute approximate surface area is 85.5 Å². The molecule has 1 unspecified atom stereocenters. The highest BCUT2D eigenvalue weighted by atomic mass is 19.4. The molecule has 0 radical (unpaired) electrons. The molecule has 1 aromatic rings. The van der Waals surface area contributed by atoms with E-state index in [1.807, 2.05) is 0 Å². The lowest BCUT2D eigenvalue weighted by atomic mass is 9.94. The largest absolute Gasteiger partial charge is 0.421 e. The van der Waals surface area contributed by atoms with Crippen LogP contribution >= 0.6 is 0 Å². The molecule has 0 heterocycles. The summed E-state index contributed by atoms with van der Waals surface area (Å²) in [7, 11) is 0. The number of nitrogens with two attached hydrogens (primary N) is 1. The maximum absolute atomic E-state index is 12.5. The minimum absolute atomic E-state index is 0.141. The van der Waals surface area contributed by atoms with Gasteiger partial charge >= 0.3 is 6.18 Å². The Morgan fingerprint density at radius 1 is 1.33 bits per heavy atom. The number of aliphatic hydroxyl groups is 1. The van der Waals surface area contributed by atoms with Crippen LogP contribution in [0, 0.1) is 0 Å². The van der Waals surface area contributed by atoms with E-state index in [1.165, 1.54) is 18.2 Å². The monoisotopic (exact) mass is 219 g/mol. The second-order valence-corrected chi connectivity index (χ2v) is 3.47. The van der Waals surface area contributed by atoms with Gasteiger partial charge in [-0.3, -0.25) is 0 Å². The van der Waals surface area contributed by atoms with Crippen LogP contribution in [0.3, 0.4) is 0 Å². The predicted molar refractivity (Wildman–Crippen MR) is 50.0 cm³/mol. The quantitative estimate of drug-likeness (QED) is 0.798. The summed E-state index contributed by atoms with van der Waals surface area (Å²) in [6, 6.07) is 5.54. The van der Waals surface area contributed by atoms with Crippen LogP contribution < -0.4 is 5.73 Å². The van der Waals surface area contributed by atoms with Crippen molar-refractivity contribution < 1.29 is 18.3 Å². The summed E-state index contributed by atoms with van der Waals surface area (Å²) in [5, 5.41) is 9.38. The number of hydrogen-bond donors (Lipinski definition) is 2. The van der Waals surface area contributed by atoms with E-state index in [9.17, 15) is 18.3 Å². The molecule has 3 N–H and O–H groups in total. The fraction of sp³-hybridized carbons (Fsp3) is 0.400. The Morgan fingerprint density at radius 3 is 2.40 bits per heavy atom. The molecule has 0 saturated carbocycles. The maximum Gasteiger partial charge on any atom is 0.421 e. The topological polar surface area (TPSA) is 46.2 Å². The average molecular weight is 219 g/mol. The van der Waals surface area contributed by atoms with E-state index in [4.69, 9.17) is 5.73 Å². The van der Waals surface area contributed by atoms with Crippen molar-refractivity contribution in [3.8, 4) is 0 Å². The van der Waals surface area contributed by atoms with Crippen LogP contribution in [-0.4, -0.2) is 11.3 Å². The molecule has 0 amide bonds. The van der Waals surface area contributed by atoms with Gasteiger partial charge in [0, 0.05) is 6.54 Å². The minimum Gasteiger partial charge on any atom is -0.376 e. The maximum atomic E-state index is 12.5. The third-order valence-corrected chi connectivity index (χ3v) is 2.28. The van der Waals surface area contributed by atoms with Crippen molar-refractivity contribution in [3.63, 3.8) is 0 Å². The molecule has 0 spiro atoms. The van der Waals surface area contributed by atoms with E-state index in [1.54, 1.807) is 6.07 Å². The Morgan fingerprint density at radius 2 is 1.93 bits per heavy atom. The molecule has 2 nitrogen and oxygen atoms in total. The van der Waals surface area contributed by atoms with Crippen LogP contribution in [0.15, 0.2) is 24.3 Å². The second-order valence-electron chi connectivity index (χ2n) is 3.47. The lowest BCUT2D eigenvalue weighted by molar-refractivity contribution is -0.258. The summed E-state index contributed by atoms with van der Waals surface area (Å²) in [4.78, 5) is 0. The van der Waals surface area contributed by atoms with Crippen molar-refractivity contribution >= 4 is 0 Å². The fourth-order valence-corrected chi connectivity index (χ4v) is 1.16. The van der Waals surface area contributed by atoms with Gasteiger partial charge in [0.15, 0.2) is 5.60 Å². The molecule has 84 valence electrons. The summed E-state index contributed by atoms with van der Waals surface area (Å²) in [5.41, 5.74) is 2.83. The van der Waals surface area contributed by atoms with Gasteiger partial charge in [0.05, 0.1) is 0 Å². The number of hydrogen-bond acceptors (Lipinski definition) is 2. The molecule has 0 aliphatic heterocycles. The Balaban J connectivity index is 3.15. The first-order valence-corrected chi connectivity index (χ1v) is 4.37. The number of rotatable bonds is 2. The number of alkyl halides is 3. The molecular formula is C10H12F3NO. The Kier molecular flexibility index (Phi) is 3.06. The van der Waals surface area contributed by atoms with Crippen LogP contribution in [0.1, 0.15) is 18.1 Å². The van der Waals surface area contributed by atoms with Gasteiger partial charge in [0.1, 0.15) is 0 Å². The third kappa shape index (κ3) is 2.30. The lowest BCUT2D eigenvalue weighted by Crippen LogP contribution is -2.39. The molecule has 0 fully saturated rings. The van der Waals surface area contributed by atoms with Crippen molar-refractivity contribution in [1.82, 2.24) is 0 Å². The van der Waals surface area contributed by atoms with Crippen LogP contribution in [-0.2, 0) is 12.1 Å². The minimum atomic E-state index is -4.69. The molecule has 0 aliphatic rings. The van der Waals surface area contributed by atoms with Gasteiger partial charge in [-0.1, -0.05) is 24.3 Å². The second kappa shape index (κ2) is 3.83. The smallest absolute Gasteiger partial charge is 0.376 e. The highest BCUT2D eigenvalue weighted by Crippen LogP contribution is 2.38. The zero-order valence-electron chi connectivity index (χ0n) is 8.17. The molecule has 0 aromatic heterocycles. The third-order valence-electron chi connectivity index (χ3n) is 2.28. The lowest BCUT2D eigenvalue weighted by Gasteiger charge is -2.27. The molecule has 0 bridgehead atoms. The van der Waals surface area contributed by atoms with Crippen LogP contribution in [0.4, 0.5) is 13.2 Å². The van der Waals surface area contributed by atoms with Crippen LogP contribution in [0.25, 0.3) is 0 Å². The summed E-state index contributed by atoms with van der Waals surface area (Å²) in [6.45, 7) is 0.865. The first kappa shape index (κ1) is 12.0. The fourth-order valence-electron chi connectivity index (χ4n) is 1.16. The van der Waals surface area contributed by atoms with Gasteiger partial charge in [0.2, 0.25) is 0 Å². The molecule has 0 aliphatic carbocycles. The highest BCUT2D eigenvalue weighted by molar-refractivity contribution is 5.28. The standard InChI is InChI=1S/C10H12F3NO/c1-9(15,10(11,12)13)8-4-2-3-7(5-8)6-14/h2-5,15H,6,14H2,1H3. The van der Waals surface area contributed by atoms with Crippen LogP contribution in [0.2, 0.25) is 0 Å². The number of benzene rings is 1. The normalized spacial score (nSPS) is 16.1. The predicted octanol–water partition coefficient (Wildman–Crippen LogP) is 1.92. The molecular weight excluding hydrogens is 207 g/mol. The van der Waals surface area contributed by atoms with Crippen molar-refractivity contribution in [2.24, 2.45) is 5.73 Å². The Bertz CT molecular complexity index is 347. The zero-order valence-corrected chi connectivity index (χ0v) is 8.17. The molecule has 1 rings (SSSR count). The van der Waals surface area contributed by atoms with Gasteiger partial charge in [-0.15, -0.1) is 0 Å². The van der Waals surface area contributed by atoms with Gasteiger partial charge in [-0.25, -0.2) is 0 Å². The van der Waals surface area contributed by atoms with E-state index >= 15 is 0 Å². The summed E-state index contributed by atoms with van der Waals surface area (Å²) in [5.74, 6) is 0. The molecule has 1 aromatic carbocycles. The zero-order chi connectivity index (χ0) is 11.7. The van der Waals surface area contributed by atoms with Gasteiger partial charge in [-0.2, -0.15) is 13.2 Å². The van der Waals surface area contributed by atoms with E-state index in [-0.39, 0.29) is 12.1 Å². The first-order chi connectivity index (χ1) is 6.79. The molecule has 5 heteroatoms. The van der Waals surface area contributed by atoms with E-state index in [0.29, 0.717) is 5.56 Å². The van der Waals surface area contributed by atoms with E-state index in [0.717, 1.165) is 6.92 Å². The van der Waals surface area contributed by atoms with Gasteiger partial charge in [0.25, 0.3) is 0 Å². The van der Waals surface area contributed by atoms with Crippen molar-refractivity contribution in [3.05, 3.63) is 35.4 Å². The highest BCUT2D eigenvalue weighted by Gasteiger charge is 2.51. The van der Waals surface area contributed by atoms with E-state index < -0.39 is 11.8 Å².